The van der Waals surface area contributed by atoms with Gasteiger partial charge in [0.25, 0.3) is 0 Å². The first kappa shape index (κ1) is 15.6. The molecular weight excluding hydrogens is 276 g/mol. The van der Waals surface area contributed by atoms with Crippen LogP contribution < -0.4 is 4.72 Å². The number of carboxylic acids is 1. The summed E-state index contributed by atoms with van der Waals surface area (Å²) in [5.41, 5.74) is -0.184. The zero-order valence-electron chi connectivity index (χ0n) is 10.4. The van der Waals surface area contributed by atoms with Gasteiger partial charge in [-0.1, -0.05) is 0 Å². The molecule has 0 radical (unpaired) electrons. The normalized spacial score (nSPS) is 11.6. The highest BCUT2D eigenvalue weighted by atomic mass is 32.2. The minimum Gasteiger partial charge on any atom is -0.477 e. The van der Waals surface area contributed by atoms with Crippen molar-refractivity contribution in [2.24, 2.45) is 0 Å². The first-order valence-electron chi connectivity index (χ1n) is 5.45. The number of hydrogen-bond donors (Lipinski definition) is 3. The molecule has 3 N–H and O–H groups in total. The topological polar surface area (TPSA) is 118 Å². The number of aromatic carboxylic acids is 1. The molecule has 0 atom stereocenters. The van der Waals surface area contributed by atoms with Crippen LogP contribution in [0.15, 0.2) is 17.2 Å². The van der Waals surface area contributed by atoms with E-state index in [0.29, 0.717) is 13.2 Å². The van der Waals surface area contributed by atoms with Crippen molar-refractivity contribution in [3.05, 3.63) is 18.0 Å². The zero-order chi connectivity index (χ0) is 14.3. The second-order valence-electron chi connectivity index (χ2n) is 3.56. The van der Waals surface area contributed by atoms with E-state index in [1.54, 1.807) is 0 Å². The maximum absolute atomic E-state index is 11.8. The van der Waals surface area contributed by atoms with Crippen molar-refractivity contribution in [1.29, 1.82) is 0 Å². The van der Waals surface area contributed by atoms with Crippen LogP contribution >= 0.6 is 0 Å². The highest BCUT2D eigenvalue weighted by Gasteiger charge is 2.17. The molecule has 0 spiro atoms. The molecule has 1 rings (SSSR count). The van der Waals surface area contributed by atoms with Crippen LogP contribution in [0.5, 0.6) is 0 Å². The van der Waals surface area contributed by atoms with Gasteiger partial charge in [0.15, 0.2) is 0 Å². The number of aromatic nitrogens is 1. The summed E-state index contributed by atoms with van der Waals surface area (Å²) in [5, 5.41) is 8.68. The van der Waals surface area contributed by atoms with Crippen LogP contribution in [0.25, 0.3) is 0 Å². The van der Waals surface area contributed by atoms with Crippen LogP contribution in [0, 0.1) is 0 Å². The van der Waals surface area contributed by atoms with Crippen LogP contribution in [0.3, 0.4) is 0 Å². The van der Waals surface area contributed by atoms with Crippen LogP contribution in [-0.2, 0) is 19.5 Å². The monoisotopic (exact) mass is 292 g/mol. The van der Waals surface area contributed by atoms with Gasteiger partial charge in [-0.05, 0) is 6.07 Å². The van der Waals surface area contributed by atoms with E-state index >= 15 is 0 Å². The molecule has 0 fully saturated rings. The number of hydrogen-bond acceptors (Lipinski definition) is 5. The largest absolute Gasteiger partial charge is 0.477 e. The van der Waals surface area contributed by atoms with E-state index in [0.717, 1.165) is 12.3 Å². The summed E-state index contributed by atoms with van der Waals surface area (Å²) in [7, 11) is -2.18. The van der Waals surface area contributed by atoms with Gasteiger partial charge in [-0.15, -0.1) is 0 Å². The Morgan fingerprint density at radius 3 is 2.74 bits per heavy atom. The molecule has 0 saturated heterocycles. The molecule has 1 aromatic rings. The van der Waals surface area contributed by atoms with Crippen molar-refractivity contribution >= 4 is 16.0 Å². The third kappa shape index (κ3) is 4.99. The van der Waals surface area contributed by atoms with Crippen molar-refractivity contribution in [2.75, 3.05) is 33.5 Å². The molecule has 0 amide bonds. The molecule has 19 heavy (non-hydrogen) atoms. The van der Waals surface area contributed by atoms with E-state index in [-0.39, 0.29) is 23.7 Å². The van der Waals surface area contributed by atoms with E-state index in [2.05, 4.69) is 9.71 Å². The maximum Gasteiger partial charge on any atom is 0.352 e. The molecule has 0 aliphatic heterocycles. The average Bonchev–Trinajstić information content (AvgIpc) is 2.84. The summed E-state index contributed by atoms with van der Waals surface area (Å²) in [4.78, 5) is 12.9. The molecule has 0 aliphatic rings. The fraction of sp³-hybridized carbons (Fsp3) is 0.500. The van der Waals surface area contributed by atoms with Gasteiger partial charge >= 0.3 is 5.97 Å². The molecule has 1 aromatic heterocycles. The number of sulfonamides is 1. The zero-order valence-corrected chi connectivity index (χ0v) is 11.2. The summed E-state index contributed by atoms with van der Waals surface area (Å²) in [5.74, 6) is -1.22. The van der Waals surface area contributed by atoms with Gasteiger partial charge in [0, 0.05) is 19.9 Å². The Morgan fingerprint density at radius 2 is 2.16 bits per heavy atom. The van der Waals surface area contributed by atoms with E-state index < -0.39 is 16.0 Å². The van der Waals surface area contributed by atoms with Crippen molar-refractivity contribution in [2.45, 2.75) is 4.90 Å². The van der Waals surface area contributed by atoms with E-state index in [4.69, 9.17) is 14.6 Å². The Morgan fingerprint density at radius 1 is 1.42 bits per heavy atom. The lowest BCUT2D eigenvalue weighted by atomic mass is 10.4. The van der Waals surface area contributed by atoms with Gasteiger partial charge < -0.3 is 19.6 Å². The first-order chi connectivity index (χ1) is 8.97. The SMILES string of the molecule is COCCOCCNS(=O)(=O)c1c[nH]c(C(=O)O)c1. The van der Waals surface area contributed by atoms with Crippen LogP contribution in [0.1, 0.15) is 10.5 Å². The number of ether oxygens (including phenoxy) is 2. The van der Waals surface area contributed by atoms with Crippen LogP contribution in [0.4, 0.5) is 0 Å². The Bertz CT molecular complexity index is 510. The lowest BCUT2D eigenvalue weighted by Crippen LogP contribution is -2.27. The maximum atomic E-state index is 11.8. The van der Waals surface area contributed by atoms with Gasteiger partial charge in [-0.25, -0.2) is 17.9 Å². The van der Waals surface area contributed by atoms with Gasteiger partial charge in [0.05, 0.1) is 19.8 Å². The molecule has 0 bridgehead atoms. The molecule has 8 nitrogen and oxygen atoms in total. The first-order valence-corrected chi connectivity index (χ1v) is 6.94. The second-order valence-corrected chi connectivity index (χ2v) is 5.32. The quantitative estimate of drug-likeness (QED) is 0.536. The fourth-order valence-corrected chi connectivity index (χ4v) is 2.23. The Kier molecular flexibility index (Phi) is 5.96. The molecule has 0 unspecified atom stereocenters. The number of carbonyl (C=O) groups is 1. The number of rotatable bonds is 9. The number of nitrogens with one attached hydrogen (secondary N) is 2. The summed E-state index contributed by atoms with van der Waals surface area (Å²) >= 11 is 0. The summed E-state index contributed by atoms with van der Waals surface area (Å²) in [6.45, 7) is 1.12. The molecule has 108 valence electrons. The minimum absolute atomic E-state index is 0.0969. The Hall–Kier alpha value is -1.42. The highest BCUT2D eigenvalue weighted by Crippen LogP contribution is 2.10. The minimum atomic E-state index is -3.72. The van der Waals surface area contributed by atoms with Crippen LogP contribution in [0.2, 0.25) is 0 Å². The lowest BCUT2D eigenvalue weighted by molar-refractivity contribution is 0.0691. The molecule has 1 heterocycles. The van der Waals surface area contributed by atoms with Crippen molar-refractivity contribution in [1.82, 2.24) is 9.71 Å². The van der Waals surface area contributed by atoms with Gasteiger partial charge in [0.1, 0.15) is 10.6 Å². The van der Waals surface area contributed by atoms with E-state index in [1.165, 1.54) is 7.11 Å². The summed E-state index contributed by atoms with van der Waals surface area (Å²) < 4.78 is 35.7. The van der Waals surface area contributed by atoms with Crippen molar-refractivity contribution in [3.8, 4) is 0 Å². The number of aromatic amines is 1. The third-order valence-electron chi connectivity index (χ3n) is 2.17. The molecular formula is C10H16N2O6S. The van der Waals surface area contributed by atoms with Crippen molar-refractivity contribution in [3.63, 3.8) is 0 Å². The number of H-pyrrole nitrogens is 1. The van der Waals surface area contributed by atoms with Gasteiger partial charge in [-0.2, -0.15) is 0 Å². The Labute approximate surface area is 110 Å². The third-order valence-corrected chi connectivity index (χ3v) is 3.61. The number of methoxy groups -OCH3 is 1. The second kappa shape index (κ2) is 7.24. The lowest BCUT2D eigenvalue weighted by Gasteiger charge is -2.05. The van der Waals surface area contributed by atoms with E-state index in [9.17, 15) is 13.2 Å². The smallest absolute Gasteiger partial charge is 0.352 e. The van der Waals surface area contributed by atoms with Gasteiger partial charge in [-0.3, -0.25) is 0 Å². The van der Waals surface area contributed by atoms with Crippen LogP contribution in [-0.4, -0.2) is 58.0 Å². The van der Waals surface area contributed by atoms with Crippen molar-refractivity contribution < 1.29 is 27.8 Å². The van der Waals surface area contributed by atoms with Gasteiger partial charge in [0.2, 0.25) is 10.0 Å². The molecule has 0 saturated carbocycles. The Balaban J connectivity index is 2.44. The predicted octanol–water partition coefficient (Wildman–Crippen LogP) is -0.346. The molecule has 0 aliphatic carbocycles. The van der Waals surface area contributed by atoms with E-state index in [1.807, 2.05) is 0 Å². The fourth-order valence-electron chi connectivity index (χ4n) is 1.23. The average molecular weight is 292 g/mol. The highest BCUT2D eigenvalue weighted by molar-refractivity contribution is 7.89. The summed E-state index contributed by atoms with van der Waals surface area (Å²) in [6, 6.07) is 1.05. The predicted molar refractivity (Wildman–Crippen MR) is 65.6 cm³/mol. The number of carboxylic acid groups (broad SMARTS) is 1. The molecule has 9 heteroatoms. The molecule has 0 aromatic carbocycles. The summed E-state index contributed by atoms with van der Waals surface area (Å²) in [6.07, 6.45) is 1.12. The standard InChI is InChI=1S/C10H16N2O6S/c1-17-4-5-18-3-2-12-19(15,16)8-6-9(10(13)14)11-7-8/h6-7,11-12H,2-5H2,1H3,(H,13,14).